The number of piperazine rings is 1. The van der Waals surface area contributed by atoms with Gasteiger partial charge in [0.25, 0.3) is 0 Å². The minimum absolute atomic E-state index is 0.0106. The average Bonchev–Trinajstić information content (AvgIpc) is 2.38. The number of rotatable bonds is 8. The predicted octanol–water partition coefficient (Wildman–Crippen LogP) is 0.551. The van der Waals surface area contributed by atoms with Crippen molar-refractivity contribution in [3.05, 3.63) is 0 Å². The average molecular weight is 255 g/mol. The Balaban J connectivity index is 1.98. The molecule has 3 N–H and O–H groups in total. The number of carbonyl (C=O) groups excluding carboxylic acids is 2. The minimum atomic E-state index is -0.275. The van der Waals surface area contributed by atoms with Crippen LogP contribution >= 0.6 is 0 Å². The van der Waals surface area contributed by atoms with Crippen molar-refractivity contribution in [2.75, 3.05) is 19.6 Å². The van der Waals surface area contributed by atoms with Gasteiger partial charge in [0.15, 0.2) is 0 Å². The van der Waals surface area contributed by atoms with Crippen LogP contribution in [0.15, 0.2) is 0 Å². The highest BCUT2D eigenvalue weighted by Gasteiger charge is 2.22. The molecule has 5 nitrogen and oxygen atoms in total. The molecule has 1 aliphatic heterocycles. The number of nitrogens with one attached hydrogen (secondary N) is 3. The standard InChI is InChI=1S/C13H25N3O2/c1-2-3-4-5-6-7-8-14-13(18)11-9-16-12(17)10-15-11/h11,15H,2-10H2,1H3,(H,14,18)(H,16,17). The monoisotopic (exact) mass is 255 g/mol. The second-order valence-electron chi connectivity index (χ2n) is 4.80. The Morgan fingerprint density at radius 1 is 1.28 bits per heavy atom. The van der Waals surface area contributed by atoms with E-state index >= 15 is 0 Å². The summed E-state index contributed by atoms with van der Waals surface area (Å²) in [6, 6.07) is -0.275. The zero-order valence-corrected chi connectivity index (χ0v) is 11.3. The third-order valence-corrected chi connectivity index (χ3v) is 3.16. The van der Waals surface area contributed by atoms with Gasteiger partial charge in [-0.25, -0.2) is 0 Å². The first-order chi connectivity index (χ1) is 8.74. The smallest absolute Gasteiger partial charge is 0.238 e. The molecule has 1 unspecified atom stereocenters. The molecule has 1 fully saturated rings. The highest BCUT2D eigenvalue weighted by molar-refractivity contribution is 5.86. The summed E-state index contributed by atoms with van der Waals surface area (Å²) in [5.74, 6) is -0.0569. The van der Waals surface area contributed by atoms with Crippen molar-refractivity contribution in [1.82, 2.24) is 16.0 Å². The van der Waals surface area contributed by atoms with Crippen LogP contribution in [0.25, 0.3) is 0 Å². The Morgan fingerprint density at radius 3 is 2.67 bits per heavy atom. The summed E-state index contributed by atoms with van der Waals surface area (Å²) in [4.78, 5) is 22.6. The molecule has 0 aromatic carbocycles. The lowest BCUT2D eigenvalue weighted by Gasteiger charge is -2.23. The number of unbranched alkanes of at least 4 members (excludes halogenated alkanes) is 5. The van der Waals surface area contributed by atoms with E-state index in [-0.39, 0.29) is 24.4 Å². The van der Waals surface area contributed by atoms with Crippen molar-refractivity contribution in [3.8, 4) is 0 Å². The molecule has 1 atom stereocenters. The van der Waals surface area contributed by atoms with Crippen molar-refractivity contribution < 1.29 is 9.59 Å². The lowest BCUT2D eigenvalue weighted by molar-refractivity contribution is -0.126. The van der Waals surface area contributed by atoms with Crippen LogP contribution < -0.4 is 16.0 Å². The van der Waals surface area contributed by atoms with Gasteiger partial charge in [0, 0.05) is 13.1 Å². The molecular weight excluding hydrogens is 230 g/mol. The minimum Gasteiger partial charge on any atom is -0.355 e. The topological polar surface area (TPSA) is 70.2 Å². The Hall–Kier alpha value is -1.10. The molecule has 1 rings (SSSR count). The van der Waals surface area contributed by atoms with Gasteiger partial charge in [-0.15, -0.1) is 0 Å². The molecule has 0 bridgehead atoms. The summed E-state index contributed by atoms with van der Waals surface area (Å²) in [6.07, 6.45) is 7.32. The van der Waals surface area contributed by atoms with Gasteiger partial charge in [0.05, 0.1) is 6.54 Å². The molecule has 1 aliphatic rings. The molecule has 0 spiro atoms. The van der Waals surface area contributed by atoms with Crippen LogP contribution in [-0.4, -0.2) is 37.5 Å². The van der Waals surface area contributed by atoms with Gasteiger partial charge in [-0.1, -0.05) is 39.0 Å². The second-order valence-corrected chi connectivity index (χ2v) is 4.80. The highest BCUT2D eigenvalue weighted by atomic mass is 16.2. The molecule has 0 aromatic rings. The van der Waals surface area contributed by atoms with E-state index in [1.54, 1.807) is 0 Å². The Bertz CT molecular complexity index is 259. The maximum atomic E-state index is 11.7. The van der Waals surface area contributed by atoms with E-state index in [0.29, 0.717) is 6.54 Å². The van der Waals surface area contributed by atoms with E-state index in [1.807, 2.05) is 0 Å². The van der Waals surface area contributed by atoms with Crippen molar-refractivity contribution in [2.45, 2.75) is 51.5 Å². The Labute approximate surface area is 109 Å². The molecule has 0 aliphatic carbocycles. The quantitative estimate of drug-likeness (QED) is 0.555. The molecule has 1 heterocycles. The van der Waals surface area contributed by atoms with Crippen molar-refractivity contribution in [3.63, 3.8) is 0 Å². The predicted molar refractivity (Wildman–Crippen MR) is 71.2 cm³/mol. The molecule has 5 heteroatoms. The molecule has 2 amide bonds. The summed E-state index contributed by atoms with van der Waals surface area (Å²) in [5.41, 5.74) is 0. The molecule has 0 aromatic heterocycles. The molecule has 0 radical (unpaired) electrons. The number of hydrogen-bond donors (Lipinski definition) is 3. The van der Waals surface area contributed by atoms with Crippen molar-refractivity contribution in [1.29, 1.82) is 0 Å². The van der Waals surface area contributed by atoms with Crippen LogP contribution in [0.5, 0.6) is 0 Å². The van der Waals surface area contributed by atoms with Crippen LogP contribution in [0, 0.1) is 0 Å². The fraction of sp³-hybridized carbons (Fsp3) is 0.846. The van der Waals surface area contributed by atoms with Crippen LogP contribution in [0.2, 0.25) is 0 Å². The number of hydrogen-bond acceptors (Lipinski definition) is 3. The maximum Gasteiger partial charge on any atom is 0.238 e. The van der Waals surface area contributed by atoms with E-state index in [2.05, 4.69) is 22.9 Å². The molecule has 104 valence electrons. The molecular formula is C13H25N3O2. The largest absolute Gasteiger partial charge is 0.355 e. The zero-order chi connectivity index (χ0) is 13.2. The van der Waals surface area contributed by atoms with Gasteiger partial charge in [-0.3, -0.25) is 14.9 Å². The van der Waals surface area contributed by atoms with Crippen LogP contribution in [0.3, 0.4) is 0 Å². The Morgan fingerprint density at radius 2 is 2.00 bits per heavy atom. The zero-order valence-electron chi connectivity index (χ0n) is 11.3. The molecule has 18 heavy (non-hydrogen) atoms. The molecule has 0 saturated carbocycles. The number of carbonyl (C=O) groups is 2. The third kappa shape index (κ3) is 6.00. The van der Waals surface area contributed by atoms with E-state index in [4.69, 9.17) is 0 Å². The lowest BCUT2D eigenvalue weighted by Crippen LogP contribution is -2.58. The van der Waals surface area contributed by atoms with Gasteiger partial charge in [-0.05, 0) is 6.42 Å². The van der Waals surface area contributed by atoms with Gasteiger partial charge < -0.3 is 10.6 Å². The van der Waals surface area contributed by atoms with Gasteiger partial charge in [0.1, 0.15) is 6.04 Å². The van der Waals surface area contributed by atoms with Crippen LogP contribution in [0.4, 0.5) is 0 Å². The molecule has 1 saturated heterocycles. The fourth-order valence-electron chi connectivity index (χ4n) is 1.99. The summed E-state index contributed by atoms with van der Waals surface area (Å²) in [7, 11) is 0. The first-order valence-electron chi connectivity index (χ1n) is 7.02. The van der Waals surface area contributed by atoms with Crippen molar-refractivity contribution in [2.24, 2.45) is 0 Å². The first kappa shape index (κ1) is 15.0. The van der Waals surface area contributed by atoms with Crippen molar-refractivity contribution >= 4 is 11.8 Å². The van der Waals surface area contributed by atoms with Crippen LogP contribution in [-0.2, 0) is 9.59 Å². The second kappa shape index (κ2) is 8.91. The van der Waals surface area contributed by atoms with E-state index in [1.165, 1.54) is 32.1 Å². The van der Waals surface area contributed by atoms with Crippen LogP contribution in [0.1, 0.15) is 45.4 Å². The Kier molecular flexibility index (Phi) is 7.41. The maximum absolute atomic E-state index is 11.7. The van der Waals surface area contributed by atoms with Gasteiger partial charge >= 0.3 is 0 Å². The third-order valence-electron chi connectivity index (χ3n) is 3.16. The highest BCUT2D eigenvalue weighted by Crippen LogP contribution is 2.04. The van der Waals surface area contributed by atoms with E-state index in [9.17, 15) is 9.59 Å². The van der Waals surface area contributed by atoms with E-state index in [0.717, 1.165) is 13.0 Å². The van der Waals surface area contributed by atoms with E-state index < -0.39 is 0 Å². The normalized spacial score (nSPS) is 19.4. The summed E-state index contributed by atoms with van der Waals surface area (Å²) >= 11 is 0. The van der Waals surface area contributed by atoms with Gasteiger partial charge in [0.2, 0.25) is 11.8 Å². The number of amides is 2. The summed E-state index contributed by atoms with van der Waals surface area (Å²) < 4.78 is 0. The first-order valence-corrected chi connectivity index (χ1v) is 7.02. The summed E-state index contributed by atoms with van der Waals surface area (Å²) in [5, 5.41) is 8.49. The SMILES string of the molecule is CCCCCCCCNC(=O)C1CNC(=O)CN1. The lowest BCUT2D eigenvalue weighted by atomic mass is 10.1. The fourth-order valence-corrected chi connectivity index (χ4v) is 1.99. The van der Waals surface area contributed by atoms with Gasteiger partial charge in [-0.2, -0.15) is 0 Å². The summed E-state index contributed by atoms with van der Waals surface area (Å²) in [6.45, 7) is 3.56.